The molecule has 0 aliphatic carbocycles. The van der Waals surface area contributed by atoms with E-state index in [0.717, 1.165) is 0 Å². The van der Waals surface area contributed by atoms with Crippen molar-refractivity contribution in [3.05, 3.63) is 21.9 Å². The molecule has 1 rings (SSSR count). The Kier molecular flexibility index (Phi) is 1.70. The summed E-state index contributed by atoms with van der Waals surface area (Å²) in [6.45, 7) is 0. The van der Waals surface area contributed by atoms with Gasteiger partial charge in [-0.05, 0) is 0 Å². The zero-order chi connectivity index (χ0) is 9.30. The molecule has 7 nitrogen and oxygen atoms in total. The highest BCUT2D eigenvalue weighted by Crippen LogP contribution is 1.95. The Bertz CT molecular complexity index is 353. The number of H-pyrrole nitrogens is 2. The topological polar surface area (TPSA) is 142 Å². The van der Waals surface area contributed by atoms with E-state index >= 15 is 0 Å². The fraction of sp³-hybridized carbons (Fsp3) is 0. The van der Waals surface area contributed by atoms with E-state index in [0.29, 0.717) is 0 Å². The van der Waals surface area contributed by atoms with Crippen LogP contribution in [0.15, 0.2) is 4.79 Å². The van der Waals surface area contributed by atoms with Gasteiger partial charge in [0, 0.05) is 11.8 Å². The molecule has 7 heteroatoms. The first-order valence-electron chi connectivity index (χ1n) is 2.86. The molecule has 4 N–H and O–H groups in total. The monoisotopic (exact) mass is 168 g/mol. The van der Waals surface area contributed by atoms with Gasteiger partial charge in [-0.25, -0.2) is 4.79 Å². The summed E-state index contributed by atoms with van der Waals surface area (Å²) in [5, 5.41) is 34.1. The number of nitrogens with one attached hydrogen (secondary N) is 4. The number of hydrogen-bond acceptors (Lipinski definition) is 5. The quantitative estimate of drug-likeness (QED) is 0.277. The average molecular weight is 168 g/mol. The van der Waals surface area contributed by atoms with Crippen molar-refractivity contribution in [3.8, 4) is 0 Å². The van der Waals surface area contributed by atoms with Crippen LogP contribution in [-0.4, -0.2) is 21.8 Å². The second-order valence-corrected chi connectivity index (χ2v) is 1.99. The summed E-state index contributed by atoms with van der Waals surface area (Å²) in [6.07, 6.45) is 0. The number of hydrogen-bond donors (Lipinski definition) is 4. The zero-order valence-electron chi connectivity index (χ0n) is 5.72. The Hall–Kier alpha value is -2.05. The van der Waals surface area contributed by atoms with Crippen LogP contribution in [0.1, 0.15) is 11.4 Å². The molecule has 0 aliphatic heterocycles. The molecule has 0 atom stereocenters. The molecule has 0 radical (unpaired) electrons. The van der Waals surface area contributed by atoms with E-state index in [1.54, 1.807) is 0 Å². The van der Waals surface area contributed by atoms with Gasteiger partial charge in [-0.3, -0.25) is 0 Å². The summed E-state index contributed by atoms with van der Waals surface area (Å²) in [5.41, 5.74) is -1.72. The number of aromatic amines is 2. The van der Waals surface area contributed by atoms with Crippen molar-refractivity contribution in [1.82, 2.24) is 9.97 Å². The average Bonchev–Trinajstić information content (AvgIpc) is 2.31. The van der Waals surface area contributed by atoms with Gasteiger partial charge >= 0.3 is 5.69 Å². The van der Waals surface area contributed by atoms with Gasteiger partial charge in [0.1, 0.15) is 0 Å². The van der Waals surface area contributed by atoms with Gasteiger partial charge in [0.25, 0.3) is 0 Å². The summed E-state index contributed by atoms with van der Waals surface area (Å²) < 4.78 is 0. The molecular formula is C5H4N4O3-2. The van der Waals surface area contributed by atoms with Crippen molar-refractivity contribution in [1.29, 1.82) is 10.8 Å². The predicted octanol–water partition coefficient (Wildman–Crippen LogP) is -2.93. The van der Waals surface area contributed by atoms with Gasteiger partial charge in [0.2, 0.25) is 0 Å². The van der Waals surface area contributed by atoms with E-state index in [1.165, 1.54) is 0 Å². The number of imidazole rings is 1. The van der Waals surface area contributed by atoms with Gasteiger partial charge in [0.15, 0.2) is 0 Å². The van der Waals surface area contributed by atoms with Crippen LogP contribution in [0.5, 0.6) is 0 Å². The molecule has 1 aromatic rings. The first-order valence-corrected chi connectivity index (χ1v) is 2.86. The smallest absolute Gasteiger partial charge is 0.323 e. The van der Waals surface area contributed by atoms with Crippen molar-refractivity contribution in [2.75, 3.05) is 0 Å². The highest BCUT2D eigenvalue weighted by molar-refractivity contribution is 5.98. The largest absolute Gasteiger partial charge is 0.858 e. The molecule has 0 saturated heterocycles. The van der Waals surface area contributed by atoms with Gasteiger partial charge < -0.3 is 31.0 Å². The van der Waals surface area contributed by atoms with Crippen LogP contribution in [-0.2, 0) is 0 Å². The maximum Gasteiger partial charge on any atom is 0.323 e. The molecular weight excluding hydrogens is 164 g/mol. The van der Waals surface area contributed by atoms with Crippen molar-refractivity contribution in [3.63, 3.8) is 0 Å². The minimum atomic E-state index is -1.20. The minimum Gasteiger partial charge on any atom is -0.858 e. The first kappa shape index (κ1) is 8.05. The fourth-order valence-electron chi connectivity index (χ4n) is 0.724. The summed E-state index contributed by atoms with van der Waals surface area (Å²) >= 11 is 0. The van der Waals surface area contributed by atoms with Crippen molar-refractivity contribution >= 4 is 11.8 Å². The Morgan fingerprint density at radius 1 is 1.08 bits per heavy atom. The van der Waals surface area contributed by atoms with E-state index in [4.69, 9.17) is 10.8 Å². The van der Waals surface area contributed by atoms with Crippen LogP contribution in [0, 0.1) is 10.8 Å². The van der Waals surface area contributed by atoms with Gasteiger partial charge in [-0.2, -0.15) is 0 Å². The molecule has 12 heavy (non-hydrogen) atoms. The Balaban J connectivity index is 3.36. The molecule has 0 amide bonds. The predicted molar refractivity (Wildman–Crippen MR) is 35.1 cm³/mol. The molecule has 0 aliphatic rings. The van der Waals surface area contributed by atoms with Crippen LogP contribution in [0.2, 0.25) is 0 Å². The Morgan fingerprint density at radius 2 is 1.42 bits per heavy atom. The van der Waals surface area contributed by atoms with Crippen LogP contribution in [0.3, 0.4) is 0 Å². The third-order valence-electron chi connectivity index (χ3n) is 1.18. The Labute approximate surface area is 65.7 Å². The molecule has 0 saturated carbocycles. The highest BCUT2D eigenvalue weighted by atomic mass is 16.3. The SMILES string of the molecule is N=C([O-])c1[nH]c(=O)[nH]c1C(=N)[O-]. The summed E-state index contributed by atoms with van der Waals surface area (Å²) in [5.74, 6) is -2.41. The first-order chi connectivity index (χ1) is 5.52. The second kappa shape index (κ2) is 2.53. The van der Waals surface area contributed by atoms with Crippen molar-refractivity contribution in [2.24, 2.45) is 0 Å². The van der Waals surface area contributed by atoms with E-state index in [9.17, 15) is 15.0 Å². The summed E-state index contributed by atoms with van der Waals surface area (Å²) in [6, 6.07) is 0. The van der Waals surface area contributed by atoms with Crippen LogP contribution in [0.25, 0.3) is 0 Å². The summed E-state index contributed by atoms with van der Waals surface area (Å²) in [4.78, 5) is 14.4. The lowest BCUT2D eigenvalue weighted by atomic mass is 10.3. The molecule has 0 fully saturated rings. The minimum absolute atomic E-state index is 0.472. The van der Waals surface area contributed by atoms with Gasteiger partial charge in [0.05, 0.1) is 11.4 Å². The lowest BCUT2D eigenvalue weighted by Gasteiger charge is -2.10. The molecule has 0 bridgehead atoms. The molecule has 1 aromatic heterocycles. The fourth-order valence-corrected chi connectivity index (χ4v) is 0.724. The van der Waals surface area contributed by atoms with Crippen molar-refractivity contribution in [2.45, 2.75) is 0 Å². The maximum atomic E-state index is 10.5. The molecule has 64 valence electrons. The summed E-state index contributed by atoms with van der Waals surface area (Å²) in [7, 11) is 0. The van der Waals surface area contributed by atoms with Crippen molar-refractivity contribution < 1.29 is 10.2 Å². The highest BCUT2D eigenvalue weighted by Gasteiger charge is 2.04. The molecule has 0 aromatic carbocycles. The number of rotatable bonds is 2. The zero-order valence-corrected chi connectivity index (χ0v) is 5.72. The van der Waals surface area contributed by atoms with Crippen LogP contribution >= 0.6 is 0 Å². The van der Waals surface area contributed by atoms with Gasteiger partial charge in [-0.15, -0.1) is 0 Å². The second-order valence-electron chi connectivity index (χ2n) is 1.99. The van der Waals surface area contributed by atoms with E-state index in [1.807, 2.05) is 9.97 Å². The maximum absolute atomic E-state index is 10.5. The lowest BCUT2D eigenvalue weighted by Crippen LogP contribution is -2.25. The molecule has 1 heterocycles. The molecule has 0 unspecified atom stereocenters. The van der Waals surface area contributed by atoms with E-state index in [-0.39, 0.29) is 0 Å². The standard InChI is InChI=1S/C5H6N4O3/c6-3(10)1-2(4(7)11)9-5(12)8-1/h(H2,6,10)(H2,7,11)(H2,8,9,12)/p-2. The van der Waals surface area contributed by atoms with E-state index in [2.05, 4.69) is 0 Å². The third kappa shape index (κ3) is 1.19. The molecule has 0 spiro atoms. The van der Waals surface area contributed by atoms with E-state index < -0.39 is 28.9 Å². The van der Waals surface area contributed by atoms with Gasteiger partial charge in [-0.1, -0.05) is 0 Å². The van der Waals surface area contributed by atoms with Crippen LogP contribution in [0.4, 0.5) is 0 Å². The normalized spacial score (nSPS) is 9.67. The number of aromatic nitrogens is 2. The lowest BCUT2D eigenvalue weighted by molar-refractivity contribution is -0.218. The van der Waals surface area contributed by atoms with Crippen LogP contribution < -0.4 is 15.9 Å². The third-order valence-corrected chi connectivity index (χ3v) is 1.18. The Morgan fingerprint density at radius 3 is 1.67 bits per heavy atom.